The zero-order valence-electron chi connectivity index (χ0n) is 6.50. The largest absolute Gasteiger partial charge is 0.226 e. The standard InChI is InChI=1S/C8H9ClN2/c1-3-4-7-6(2)5-10-8(9)11-7/h3-5H,1-2H3/b4-3+. The van der Waals surface area contributed by atoms with Gasteiger partial charge in [-0.1, -0.05) is 6.08 Å². The Morgan fingerprint density at radius 2 is 2.27 bits per heavy atom. The Morgan fingerprint density at radius 3 is 2.91 bits per heavy atom. The maximum atomic E-state index is 5.60. The Morgan fingerprint density at radius 1 is 1.55 bits per heavy atom. The van der Waals surface area contributed by atoms with Crippen molar-refractivity contribution < 1.29 is 0 Å². The van der Waals surface area contributed by atoms with Crippen LogP contribution in [0.3, 0.4) is 0 Å². The monoisotopic (exact) mass is 168 g/mol. The number of aryl methyl sites for hydroxylation is 1. The molecule has 11 heavy (non-hydrogen) atoms. The van der Waals surface area contributed by atoms with Gasteiger partial charge in [-0.25, -0.2) is 9.97 Å². The smallest absolute Gasteiger partial charge is 0.222 e. The van der Waals surface area contributed by atoms with Crippen LogP contribution in [0.15, 0.2) is 12.3 Å². The molecule has 3 heteroatoms. The molecule has 0 fully saturated rings. The van der Waals surface area contributed by atoms with Crippen LogP contribution in [0.5, 0.6) is 0 Å². The lowest BCUT2D eigenvalue weighted by atomic mass is 10.2. The van der Waals surface area contributed by atoms with Crippen LogP contribution in [0.4, 0.5) is 0 Å². The van der Waals surface area contributed by atoms with Crippen LogP contribution < -0.4 is 0 Å². The van der Waals surface area contributed by atoms with E-state index in [4.69, 9.17) is 11.6 Å². The van der Waals surface area contributed by atoms with Gasteiger partial charge in [0.15, 0.2) is 0 Å². The van der Waals surface area contributed by atoms with Crippen LogP contribution in [-0.4, -0.2) is 9.97 Å². The maximum Gasteiger partial charge on any atom is 0.222 e. The van der Waals surface area contributed by atoms with Gasteiger partial charge in [-0.15, -0.1) is 0 Å². The molecule has 0 saturated carbocycles. The van der Waals surface area contributed by atoms with Crippen LogP contribution in [0.2, 0.25) is 5.28 Å². The number of allylic oxidation sites excluding steroid dienone is 1. The Labute approximate surface area is 70.9 Å². The predicted molar refractivity (Wildman–Crippen MR) is 46.5 cm³/mol. The van der Waals surface area contributed by atoms with Crippen molar-refractivity contribution in [2.75, 3.05) is 0 Å². The van der Waals surface area contributed by atoms with Crippen molar-refractivity contribution in [2.24, 2.45) is 0 Å². The summed E-state index contributed by atoms with van der Waals surface area (Å²) in [7, 11) is 0. The summed E-state index contributed by atoms with van der Waals surface area (Å²) >= 11 is 5.60. The van der Waals surface area contributed by atoms with E-state index in [0.717, 1.165) is 11.3 Å². The quantitative estimate of drug-likeness (QED) is 0.602. The van der Waals surface area contributed by atoms with Crippen LogP contribution in [-0.2, 0) is 0 Å². The molecule has 0 atom stereocenters. The minimum Gasteiger partial charge on any atom is -0.226 e. The van der Waals surface area contributed by atoms with Crippen molar-refractivity contribution in [2.45, 2.75) is 13.8 Å². The van der Waals surface area contributed by atoms with Gasteiger partial charge in [0.25, 0.3) is 0 Å². The lowest BCUT2D eigenvalue weighted by Crippen LogP contribution is -1.89. The summed E-state index contributed by atoms with van der Waals surface area (Å²) in [5.41, 5.74) is 1.92. The van der Waals surface area contributed by atoms with Gasteiger partial charge in [-0.05, 0) is 37.1 Å². The van der Waals surface area contributed by atoms with Crippen molar-refractivity contribution in [3.05, 3.63) is 28.8 Å². The highest BCUT2D eigenvalue weighted by molar-refractivity contribution is 6.28. The summed E-state index contributed by atoms with van der Waals surface area (Å²) in [5.74, 6) is 0. The van der Waals surface area contributed by atoms with E-state index in [1.54, 1.807) is 6.20 Å². The first-order valence-electron chi connectivity index (χ1n) is 3.36. The number of hydrogen-bond donors (Lipinski definition) is 0. The predicted octanol–water partition coefficient (Wildman–Crippen LogP) is 2.47. The maximum absolute atomic E-state index is 5.60. The molecule has 0 aliphatic heterocycles. The van der Waals surface area contributed by atoms with Gasteiger partial charge >= 0.3 is 0 Å². The summed E-state index contributed by atoms with van der Waals surface area (Å²) in [6.45, 7) is 3.89. The van der Waals surface area contributed by atoms with Gasteiger partial charge in [0.2, 0.25) is 5.28 Å². The molecular formula is C8H9ClN2. The minimum atomic E-state index is 0.295. The summed E-state index contributed by atoms with van der Waals surface area (Å²) in [6, 6.07) is 0. The van der Waals surface area contributed by atoms with Gasteiger partial charge in [0.05, 0.1) is 5.69 Å². The van der Waals surface area contributed by atoms with Gasteiger partial charge in [0.1, 0.15) is 0 Å². The Kier molecular flexibility index (Phi) is 2.60. The third-order valence-corrected chi connectivity index (χ3v) is 1.49. The number of rotatable bonds is 1. The van der Waals surface area contributed by atoms with Crippen LogP contribution in [0.25, 0.3) is 6.08 Å². The molecule has 2 nitrogen and oxygen atoms in total. The van der Waals surface area contributed by atoms with Gasteiger partial charge in [0, 0.05) is 6.20 Å². The van der Waals surface area contributed by atoms with E-state index in [1.165, 1.54) is 0 Å². The zero-order valence-corrected chi connectivity index (χ0v) is 7.26. The molecule has 0 unspecified atom stereocenters. The SMILES string of the molecule is C/C=C/c1nc(Cl)ncc1C. The van der Waals surface area contributed by atoms with Gasteiger partial charge in [-0.2, -0.15) is 0 Å². The van der Waals surface area contributed by atoms with Gasteiger partial charge < -0.3 is 0 Å². The lowest BCUT2D eigenvalue weighted by molar-refractivity contribution is 1.11. The third kappa shape index (κ3) is 2.02. The third-order valence-electron chi connectivity index (χ3n) is 1.31. The first kappa shape index (κ1) is 8.21. The minimum absolute atomic E-state index is 0.295. The van der Waals surface area contributed by atoms with E-state index in [1.807, 2.05) is 26.0 Å². The molecular weight excluding hydrogens is 160 g/mol. The molecule has 0 amide bonds. The first-order chi connectivity index (χ1) is 5.24. The van der Waals surface area contributed by atoms with Crippen molar-refractivity contribution in [1.82, 2.24) is 9.97 Å². The molecule has 0 N–H and O–H groups in total. The molecule has 0 aliphatic rings. The van der Waals surface area contributed by atoms with Crippen LogP contribution in [0, 0.1) is 6.92 Å². The van der Waals surface area contributed by atoms with E-state index in [0.29, 0.717) is 5.28 Å². The molecule has 0 spiro atoms. The zero-order chi connectivity index (χ0) is 8.27. The van der Waals surface area contributed by atoms with Crippen molar-refractivity contribution in [3.63, 3.8) is 0 Å². The average Bonchev–Trinajstić information content (AvgIpc) is 1.98. The number of halogens is 1. The molecule has 0 aromatic carbocycles. The topological polar surface area (TPSA) is 25.8 Å². The van der Waals surface area contributed by atoms with E-state index in [-0.39, 0.29) is 0 Å². The molecule has 1 heterocycles. The number of hydrogen-bond acceptors (Lipinski definition) is 2. The highest BCUT2D eigenvalue weighted by Crippen LogP contribution is 2.08. The normalized spacial score (nSPS) is 10.8. The van der Waals surface area contributed by atoms with Crippen molar-refractivity contribution in [3.8, 4) is 0 Å². The summed E-state index contributed by atoms with van der Waals surface area (Å²) in [4.78, 5) is 7.87. The fourth-order valence-corrected chi connectivity index (χ4v) is 0.899. The van der Waals surface area contributed by atoms with E-state index < -0.39 is 0 Å². The Bertz CT molecular complexity index is 281. The number of aromatic nitrogens is 2. The van der Waals surface area contributed by atoms with Crippen LogP contribution in [0.1, 0.15) is 18.2 Å². The molecule has 0 saturated heterocycles. The summed E-state index contributed by atoms with van der Waals surface area (Å²) < 4.78 is 0. The average molecular weight is 169 g/mol. The van der Waals surface area contributed by atoms with Gasteiger partial charge in [-0.3, -0.25) is 0 Å². The van der Waals surface area contributed by atoms with E-state index in [9.17, 15) is 0 Å². The van der Waals surface area contributed by atoms with Crippen LogP contribution >= 0.6 is 11.6 Å². The van der Waals surface area contributed by atoms with E-state index >= 15 is 0 Å². The Balaban J connectivity index is 3.12. The second-order valence-corrected chi connectivity index (χ2v) is 2.55. The molecule has 0 radical (unpaired) electrons. The second-order valence-electron chi connectivity index (χ2n) is 2.21. The first-order valence-corrected chi connectivity index (χ1v) is 3.73. The molecule has 1 aromatic rings. The Hall–Kier alpha value is -0.890. The molecule has 58 valence electrons. The second kappa shape index (κ2) is 3.49. The summed E-state index contributed by atoms with van der Waals surface area (Å²) in [5, 5.41) is 0.295. The highest BCUT2D eigenvalue weighted by Gasteiger charge is 1.96. The van der Waals surface area contributed by atoms with Crippen molar-refractivity contribution >= 4 is 17.7 Å². The molecule has 1 rings (SSSR count). The lowest BCUT2D eigenvalue weighted by Gasteiger charge is -1.97. The molecule has 0 bridgehead atoms. The fourth-order valence-electron chi connectivity index (χ4n) is 0.759. The fraction of sp³-hybridized carbons (Fsp3) is 0.250. The van der Waals surface area contributed by atoms with Crippen molar-refractivity contribution in [1.29, 1.82) is 0 Å². The highest BCUT2D eigenvalue weighted by atomic mass is 35.5. The number of nitrogens with zero attached hydrogens (tertiary/aromatic N) is 2. The molecule has 1 aromatic heterocycles. The summed E-state index contributed by atoms with van der Waals surface area (Å²) in [6.07, 6.45) is 5.54. The molecule has 0 aliphatic carbocycles. The van der Waals surface area contributed by atoms with E-state index in [2.05, 4.69) is 9.97 Å².